The summed E-state index contributed by atoms with van der Waals surface area (Å²) in [6, 6.07) is 11.0. The number of pyridine rings is 1. The van der Waals surface area contributed by atoms with Gasteiger partial charge in [-0.3, -0.25) is 9.78 Å². The van der Waals surface area contributed by atoms with E-state index in [1.165, 1.54) is 18.5 Å². The molecule has 0 aliphatic rings. The number of aromatic nitrogens is 1. The number of para-hydroxylation sites is 1. The number of carbonyl (C=O) groups excluding carboxylic acids is 1. The molecule has 2 aromatic rings. The minimum atomic E-state index is -0.315. The van der Waals surface area contributed by atoms with Crippen molar-refractivity contribution in [1.29, 1.82) is 0 Å². The number of rotatable bonds is 6. The molecular formula is C15H16N2O3. The number of amides is 1. The Morgan fingerprint density at radius 2 is 2.05 bits per heavy atom. The van der Waals surface area contributed by atoms with Crippen LogP contribution in [0.5, 0.6) is 11.5 Å². The molecule has 1 heterocycles. The van der Waals surface area contributed by atoms with Gasteiger partial charge < -0.3 is 15.2 Å². The predicted molar refractivity (Wildman–Crippen MR) is 74.8 cm³/mol. The number of aromatic hydroxyl groups is 1. The molecule has 2 rings (SSSR count). The molecule has 0 saturated carbocycles. The van der Waals surface area contributed by atoms with Crippen molar-refractivity contribution in [2.75, 3.05) is 13.2 Å². The lowest BCUT2D eigenvalue weighted by Gasteiger charge is -2.08. The third kappa shape index (κ3) is 3.98. The third-order valence-electron chi connectivity index (χ3n) is 2.66. The molecule has 0 saturated heterocycles. The fourth-order valence-corrected chi connectivity index (χ4v) is 1.65. The summed E-state index contributed by atoms with van der Waals surface area (Å²) in [5.41, 5.74) is 0.226. The molecule has 0 unspecified atom stereocenters. The van der Waals surface area contributed by atoms with E-state index in [9.17, 15) is 9.90 Å². The Morgan fingerprint density at radius 3 is 2.80 bits per heavy atom. The molecule has 2 N–H and O–H groups in total. The van der Waals surface area contributed by atoms with Crippen molar-refractivity contribution in [3.63, 3.8) is 0 Å². The van der Waals surface area contributed by atoms with Crippen LogP contribution in [-0.4, -0.2) is 29.1 Å². The molecule has 0 aliphatic carbocycles. The van der Waals surface area contributed by atoms with Crippen LogP contribution in [0.3, 0.4) is 0 Å². The standard InChI is InChI=1S/C15H16N2O3/c18-14-11-16-9-7-13(14)15(19)17-8-4-10-20-12-5-2-1-3-6-12/h1-3,5-7,9,11,18H,4,8,10H2,(H,17,19). The average molecular weight is 272 g/mol. The van der Waals surface area contributed by atoms with Crippen molar-refractivity contribution in [2.45, 2.75) is 6.42 Å². The molecule has 0 bridgehead atoms. The van der Waals surface area contributed by atoms with Gasteiger partial charge in [-0.1, -0.05) is 18.2 Å². The third-order valence-corrected chi connectivity index (χ3v) is 2.66. The van der Waals surface area contributed by atoms with Crippen LogP contribution >= 0.6 is 0 Å². The maximum absolute atomic E-state index is 11.8. The van der Waals surface area contributed by atoms with Crippen LogP contribution in [0.4, 0.5) is 0 Å². The Labute approximate surface area is 117 Å². The molecule has 0 fully saturated rings. The number of benzene rings is 1. The maximum atomic E-state index is 11.8. The van der Waals surface area contributed by atoms with Crippen molar-refractivity contribution < 1.29 is 14.6 Å². The molecular weight excluding hydrogens is 256 g/mol. The second-order valence-electron chi connectivity index (χ2n) is 4.16. The van der Waals surface area contributed by atoms with E-state index in [-0.39, 0.29) is 17.2 Å². The molecule has 0 aliphatic heterocycles. The van der Waals surface area contributed by atoms with Crippen LogP contribution < -0.4 is 10.1 Å². The first-order valence-corrected chi connectivity index (χ1v) is 6.36. The lowest BCUT2D eigenvalue weighted by molar-refractivity contribution is 0.0949. The smallest absolute Gasteiger partial charge is 0.255 e. The van der Waals surface area contributed by atoms with Gasteiger partial charge in [0.15, 0.2) is 0 Å². The molecule has 104 valence electrons. The van der Waals surface area contributed by atoms with Crippen LogP contribution in [0.2, 0.25) is 0 Å². The first-order valence-electron chi connectivity index (χ1n) is 6.36. The molecule has 20 heavy (non-hydrogen) atoms. The Balaban J connectivity index is 1.69. The molecule has 1 amide bonds. The van der Waals surface area contributed by atoms with Gasteiger partial charge in [0.2, 0.25) is 0 Å². The summed E-state index contributed by atoms with van der Waals surface area (Å²) in [7, 11) is 0. The summed E-state index contributed by atoms with van der Waals surface area (Å²) >= 11 is 0. The molecule has 5 heteroatoms. The average Bonchev–Trinajstić information content (AvgIpc) is 2.48. The van der Waals surface area contributed by atoms with Gasteiger partial charge in [-0.05, 0) is 24.6 Å². The lowest BCUT2D eigenvalue weighted by Crippen LogP contribution is -2.25. The Hall–Kier alpha value is -2.56. The minimum Gasteiger partial charge on any atom is -0.505 e. The first kappa shape index (κ1) is 13.9. The summed E-state index contributed by atoms with van der Waals surface area (Å²) in [4.78, 5) is 15.5. The van der Waals surface area contributed by atoms with Gasteiger partial charge in [0.25, 0.3) is 5.91 Å². The fourth-order valence-electron chi connectivity index (χ4n) is 1.65. The van der Waals surface area contributed by atoms with Crippen molar-refractivity contribution >= 4 is 5.91 Å². The van der Waals surface area contributed by atoms with Crippen molar-refractivity contribution in [3.8, 4) is 11.5 Å². The van der Waals surface area contributed by atoms with Crippen molar-refractivity contribution in [1.82, 2.24) is 10.3 Å². The lowest BCUT2D eigenvalue weighted by atomic mass is 10.2. The molecule has 1 aromatic heterocycles. The Morgan fingerprint density at radius 1 is 1.25 bits per heavy atom. The molecule has 0 spiro atoms. The number of nitrogens with zero attached hydrogens (tertiary/aromatic N) is 1. The minimum absolute atomic E-state index is 0.120. The summed E-state index contributed by atoms with van der Waals surface area (Å²) in [6.07, 6.45) is 3.40. The monoisotopic (exact) mass is 272 g/mol. The molecule has 0 radical (unpaired) electrons. The summed E-state index contributed by atoms with van der Waals surface area (Å²) in [6.45, 7) is 1.00. The molecule has 0 atom stereocenters. The van der Waals surface area contributed by atoms with Crippen LogP contribution in [0, 0.1) is 0 Å². The van der Waals surface area contributed by atoms with Gasteiger partial charge in [-0.2, -0.15) is 0 Å². The summed E-state index contributed by atoms with van der Waals surface area (Å²) < 4.78 is 5.51. The number of hydrogen-bond donors (Lipinski definition) is 2. The van der Waals surface area contributed by atoms with Gasteiger partial charge in [0.1, 0.15) is 11.5 Å². The van der Waals surface area contributed by atoms with Crippen molar-refractivity contribution in [3.05, 3.63) is 54.4 Å². The van der Waals surface area contributed by atoms with Crippen LogP contribution in [0.15, 0.2) is 48.8 Å². The van der Waals surface area contributed by atoms with E-state index in [0.717, 1.165) is 5.75 Å². The first-order chi connectivity index (χ1) is 9.77. The summed E-state index contributed by atoms with van der Waals surface area (Å²) in [5, 5.41) is 12.2. The second-order valence-corrected chi connectivity index (χ2v) is 4.16. The van der Waals surface area contributed by atoms with Crippen molar-refractivity contribution in [2.24, 2.45) is 0 Å². The van der Waals surface area contributed by atoms with Gasteiger partial charge >= 0.3 is 0 Å². The van der Waals surface area contributed by atoms with E-state index in [1.807, 2.05) is 30.3 Å². The van der Waals surface area contributed by atoms with E-state index in [4.69, 9.17) is 4.74 Å². The van der Waals surface area contributed by atoms with E-state index in [1.54, 1.807) is 0 Å². The number of nitrogens with one attached hydrogen (secondary N) is 1. The van der Waals surface area contributed by atoms with Crippen LogP contribution in [-0.2, 0) is 0 Å². The highest BCUT2D eigenvalue weighted by atomic mass is 16.5. The van der Waals surface area contributed by atoms with Gasteiger partial charge in [-0.25, -0.2) is 0 Å². The molecule has 1 aromatic carbocycles. The number of carbonyl (C=O) groups is 1. The molecule has 5 nitrogen and oxygen atoms in total. The normalized spacial score (nSPS) is 10.0. The van der Waals surface area contributed by atoms with Gasteiger partial charge in [0.05, 0.1) is 18.4 Å². The SMILES string of the molecule is O=C(NCCCOc1ccccc1)c1ccncc1O. The topological polar surface area (TPSA) is 71.5 Å². The fraction of sp³-hybridized carbons (Fsp3) is 0.200. The highest BCUT2D eigenvalue weighted by Gasteiger charge is 2.09. The number of ether oxygens (including phenoxy) is 1. The zero-order chi connectivity index (χ0) is 14.2. The zero-order valence-corrected chi connectivity index (χ0v) is 11.0. The van der Waals surface area contributed by atoms with Crippen LogP contribution in [0.1, 0.15) is 16.8 Å². The van der Waals surface area contributed by atoms with Gasteiger partial charge in [-0.15, -0.1) is 0 Å². The summed E-state index contributed by atoms with van der Waals surface area (Å²) in [5.74, 6) is 0.376. The zero-order valence-electron chi connectivity index (χ0n) is 11.0. The Bertz CT molecular complexity index is 558. The van der Waals surface area contributed by atoms with Gasteiger partial charge in [0, 0.05) is 12.7 Å². The van der Waals surface area contributed by atoms with Crippen LogP contribution in [0.25, 0.3) is 0 Å². The Kier molecular flexibility index (Phi) is 4.94. The van der Waals surface area contributed by atoms with E-state index in [0.29, 0.717) is 19.6 Å². The number of hydrogen-bond acceptors (Lipinski definition) is 4. The van der Waals surface area contributed by atoms with E-state index in [2.05, 4.69) is 10.3 Å². The van der Waals surface area contributed by atoms with E-state index >= 15 is 0 Å². The predicted octanol–water partition coefficient (Wildman–Crippen LogP) is 1.99. The van der Waals surface area contributed by atoms with E-state index < -0.39 is 0 Å². The quantitative estimate of drug-likeness (QED) is 0.789. The second kappa shape index (κ2) is 7.13. The largest absolute Gasteiger partial charge is 0.505 e. The highest BCUT2D eigenvalue weighted by Crippen LogP contribution is 2.13. The highest BCUT2D eigenvalue weighted by molar-refractivity contribution is 5.96. The maximum Gasteiger partial charge on any atom is 0.255 e.